The number of carbonyl (C=O) groups is 1. The molecule has 2 heterocycles. The lowest BCUT2D eigenvalue weighted by Gasteiger charge is -2.19. The molecule has 0 spiro atoms. The third kappa shape index (κ3) is 2.54. The first-order chi connectivity index (χ1) is 11.2. The maximum absolute atomic E-state index is 12.5. The van der Waals surface area contributed by atoms with E-state index in [1.807, 2.05) is 29.2 Å². The van der Waals surface area contributed by atoms with Gasteiger partial charge in [0.1, 0.15) is 11.3 Å². The van der Waals surface area contributed by atoms with Gasteiger partial charge >= 0.3 is 5.97 Å². The quantitative estimate of drug-likeness (QED) is 0.798. The monoisotopic (exact) mass is 315 g/mol. The van der Waals surface area contributed by atoms with Crippen molar-refractivity contribution in [2.75, 3.05) is 25.2 Å². The van der Waals surface area contributed by atoms with Crippen molar-refractivity contribution in [3.05, 3.63) is 46.4 Å². The van der Waals surface area contributed by atoms with Crippen LogP contribution in [0.25, 0.3) is 0 Å². The number of benzene rings is 1. The lowest BCUT2D eigenvalue weighted by Crippen LogP contribution is -2.27. The number of ether oxygens (including phenoxy) is 2. The molecular weight excluding hydrogens is 298 g/mol. The molecule has 1 aromatic heterocycles. The summed E-state index contributed by atoms with van der Waals surface area (Å²) in [5, 5.41) is 0. The second kappa shape index (κ2) is 6.12. The number of esters is 1. The van der Waals surface area contributed by atoms with E-state index in [-0.39, 0.29) is 17.7 Å². The lowest BCUT2D eigenvalue weighted by molar-refractivity contribution is 0.0523. The zero-order valence-electron chi connectivity index (χ0n) is 13.0. The number of rotatable bonds is 4. The first-order valence-electron chi connectivity index (χ1n) is 7.35. The molecule has 1 aliphatic heterocycles. The Labute approximate surface area is 133 Å². The van der Waals surface area contributed by atoms with Crippen molar-refractivity contribution in [3.63, 3.8) is 0 Å². The van der Waals surface area contributed by atoms with Crippen LogP contribution in [0.15, 0.2) is 35.3 Å². The zero-order valence-corrected chi connectivity index (χ0v) is 13.0. The second-order valence-electron chi connectivity index (χ2n) is 4.97. The molecule has 7 nitrogen and oxygen atoms in total. The Hall–Kier alpha value is -2.83. The van der Waals surface area contributed by atoms with Gasteiger partial charge in [0.05, 0.1) is 25.6 Å². The number of carbonyl (C=O) groups excluding carboxylic acids is 1. The highest BCUT2D eigenvalue weighted by Gasteiger charge is 2.27. The summed E-state index contributed by atoms with van der Waals surface area (Å²) in [6, 6.07) is 7.53. The average Bonchev–Trinajstić information content (AvgIpc) is 3.00. The van der Waals surface area contributed by atoms with Crippen molar-refractivity contribution < 1.29 is 14.3 Å². The van der Waals surface area contributed by atoms with Crippen LogP contribution < -0.4 is 15.2 Å². The number of para-hydroxylation sites is 2. The maximum Gasteiger partial charge on any atom is 0.345 e. The van der Waals surface area contributed by atoms with Crippen molar-refractivity contribution in [1.29, 1.82) is 0 Å². The van der Waals surface area contributed by atoms with Gasteiger partial charge in [-0.15, -0.1) is 0 Å². The SMILES string of the molecule is CCOC(=O)c1cnc2n(c1=O)CCN2c1ccccc1OC. The summed E-state index contributed by atoms with van der Waals surface area (Å²) in [6.07, 6.45) is 1.28. The van der Waals surface area contributed by atoms with E-state index < -0.39 is 5.97 Å². The van der Waals surface area contributed by atoms with Gasteiger partial charge in [-0.1, -0.05) is 12.1 Å². The summed E-state index contributed by atoms with van der Waals surface area (Å²) in [5.74, 6) is 0.549. The van der Waals surface area contributed by atoms with Crippen molar-refractivity contribution in [1.82, 2.24) is 9.55 Å². The Morgan fingerprint density at radius 2 is 2.09 bits per heavy atom. The molecule has 2 aromatic rings. The normalized spacial score (nSPS) is 12.9. The van der Waals surface area contributed by atoms with E-state index in [0.29, 0.717) is 24.8 Å². The molecule has 3 rings (SSSR count). The predicted octanol–water partition coefficient (Wildman–Crippen LogP) is 1.58. The first kappa shape index (κ1) is 15.1. The molecule has 0 saturated heterocycles. The van der Waals surface area contributed by atoms with E-state index in [2.05, 4.69) is 4.98 Å². The Morgan fingerprint density at radius 1 is 1.30 bits per heavy atom. The molecule has 120 valence electrons. The molecular formula is C16H17N3O4. The fraction of sp³-hybridized carbons (Fsp3) is 0.312. The molecule has 0 fully saturated rings. The van der Waals surface area contributed by atoms with E-state index in [9.17, 15) is 9.59 Å². The van der Waals surface area contributed by atoms with Crippen LogP contribution in [-0.2, 0) is 11.3 Å². The van der Waals surface area contributed by atoms with Crippen molar-refractivity contribution in [3.8, 4) is 5.75 Å². The highest BCUT2D eigenvalue weighted by atomic mass is 16.5. The Morgan fingerprint density at radius 3 is 2.83 bits per heavy atom. The highest BCUT2D eigenvalue weighted by molar-refractivity contribution is 5.88. The van der Waals surface area contributed by atoms with Crippen LogP contribution in [-0.4, -0.2) is 35.8 Å². The third-order valence-corrected chi connectivity index (χ3v) is 3.69. The van der Waals surface area contributed by atoms with E-state index in [0.717, 1.165) is 5.69 Å². The molecule has 1 aromatic carbocycles. The van der Waals surface area contributed by atoms with Crippen LogP contribution in [0.2, 0.25) is 0 Å². The molecule has 0 atom stereocenters. The maximum atomic E-state index is 12.5. The van der Waals surface area contributed by atoms with Crippen LogP contribution in [0.5, 0.6) is 5.75 Å². The predicted molar refractivity (Wildman–Crippen MR) is 84.5 cm³/mol. The van der Waals surface area contributed by atoms with Crippen LogP contribution in [0.4, 0.5) is 11.6 Å². The summed E-state index contributed by atoms with van der Waals surface area (Å²) >= 11 is 0. The highest BCUT2D eigenvalue weighted by Crippen LogP contribution is 2.34. The number of fused-ring (bicyclic) bond motifs is 1. The smallest absolute Gasteiger partial charge is 0.345 e. The second-order valence-corrected chi connectivity index (χ2v) is 4.97. The number of nitrogens with zero attached hydrogens (tertiary/aromatic N) is 3. The van der Waals surface area contributed by atoms with Gasteiger partial charge in [0.25, 0.3) is 5.56 Å². The Balaban J connectivity index is 2.03. The lowest BCUT2D eigenvalue weighted by atomic mass is 10.2. The molecule has 0 amide bonds. The van der Waals surface area contributed by atoms with E-state index >= 15 is 0 Å². The summed E-state index contributed by atoms with van der Waals surface area (Å²) in [5.41, 5.74) is 0.403. The largest absolute Gasteiger partial charge is 0.495 e. The van der Waals surface area contributed by atoms with Crippen molar-refractivity contribution >= 4 is 17.6 Å². The van der Waals surface area contributed by atoms with Gasteiger partial charge in [0.2, 0.25) is 5.95 Å². The summed E-state index contributed by atoms with van der Waals surface area (Å²) in [7, 11) is 1.60. The van der Waals surface area contributed by atoms with Crippen molar-refractivity contribution in [2.24, 2.45) is 0 Å². The summed E-state index contributed by atoms with van der Waals surface area (Å²) in [6.45, 7) is 2.94. The van der Waals surface area contributed by atoms with Crippen LogP contribution in [0.3, 0.4) is 0 Å². The van der Waals surface area contributed by atoms with E-state index in [1.54, 1.807) is 14.0 Å². The van der Waals surface area contributed by atoms with Gasteiger partial charge in [-0.05, 0) is 19.1 Å². The van der Waals surface area contributed by atoms with E-state index in [1.165, 1.54) is 10.8 Å². The van der Waals surface area contributed by atoms with Gasteiger partial charge in [0.15, 0.2) is 0 Å². The van der Waals surface area contributed by atoms with Gasteiger partial charge in [-0.25, -0.2) is 9.78 Å². The number of methoxy groups -OCH3 is 1. The topological polar surface area (TPSA) is 73.7 Å². The summed E-state index contributed by atoms with van der Waals surface area (Å²) < 4.78 is 11.7. The number of hydrogen-bond donors (Lipinski definition) is 0. The fourth-order valence-corrected chi connectivity index (χ4v) is 2.63. The minimum Gasteiger partial charge on any atom is -0.495 e. The van der Waals surface area contributed by atoms with Crippen LogP contribution in [0, 0.1) is 0 Å². The minimum absolute atomic E-state index is 0.0440. The molecule has 0 saturated carbocycles. The van der Waals surface area contributed by atoms with Gasteiger partial charge in [-0.2, -0.15) is 0 Å². The molecule has 0 bridgehead atoms. The van der Waals surface area contributed by atoms with Gasteiger partial charge in [0, 0.05) is 13.1 Å². The first-order valence-corrected chi connectivity index (χ1v) is 7.35. The third-order valence-electron chi connectivity index (χ3n) is 3.69. The van der Waals surface area contributed by atoms with Gasteiger partial charge in [-0.3, -0.25) is 9.36 Å². The number of anilines is 2. The minimum atomic E-state index is -0.643. The molecule has 0 radical (unpaired) electrons. The average molecular weight is 315 g/mol. The van der Waals surface area contributed by atoms with Gasteiger partial charge < -0.3 is 14.4 Å². The molecule has 1 aliphatic rings. The van der Waals surface area contributed by atoms with Crippen LogP contribution >= 0.6 is 0 Å². The Bertz CT molecular complexity index is 800. The zero-order chi connectivity index (χ0) is 16.4. The standard InChI is InChI=1S/C16H17N3O4/c1-3-23-15(21)11-10-17-16-18(8-9-19(16)14(11)20)12-6-4-5-7-13(12)22-2/h4-7,10H,3,8-9H2,1-2H3. The Kier molecular flexibility index (Phi) is 4.01. The molecule has 0 unspecified atom stereocenters. The number of hydrogen-bond acceptors (Lipinski definition) is 6. The fourth-order valence-electron chi connectivity index (χ4n) is 2.63. The van der Waals surface area contributed by atoms with Crippen molar-refractivity contribution in [2.45, 2.75) is 13.5 Å². The molecule has 0 N–H and O–H groups in total. The van der Waals surface area contributed by atoms with E-state index in [4.69, 9.17) is 9.47 Å². The molecule has 0 aliphatic carbocycles. The summed E-state index contributed by atoms with van der Waals surface area (Å²) in [4.78, 5) is 30.5. The number of aromatic nitrogens is 2. The molecule has 23 heavy (non-hydrogen) atoms. The molecule has 7 heteroatoms. The van der Waals surface area contributed by atoms with Crippen LogP contribution in [0.1, 0.15) is 17.3 Å².